The van der Waals surface area contributed by atoms with E-state index in [1.54, 1.807) is 6.20 Å². The molecule has 0 unspecified atom stereocenters. The molecule has 5 nitrogen and oxygen atoms in total. The van der Waals surface area contributed by atoms with Crippen molar-refractivity contribution >= 4 is 16.9 Å². The van der Waals surface area contributed by atoms with Gasteiger partial charge in [0.05, 0.1) is 11.6 Å². The van der Waals surface area contributed by atoms with E-state index in [2.05, 4.69) is 44.5 Å². The fourth-order valence-electron chi connectivity index (χ4n) is 2.09. The van der Waals surface area contributed by atoms with Gasteiger partial charge in [-0.05, 0) is 19.4 Å². The summed E-state index contributed by atoms with van der Waals surface area (Å²) in [5, 5.41) is 11.2. The Morgan fingerprint density at radius 3 is 2.74 bits per heavy atom. The van der Waals surface area contributed by atoms with Crippen LogP contribution in [0.5, 0.6) is 0 Å². The molecule has 2 aromatic heterocycles. The molecule has 3 aromatic rings. The van der Waals surface area contributed by atoms with Crippen molar-refractivity contribution < 1.29 is 0 Å². The molecule has 1 atom stereocenters. The molecule has 0 bridgehead atoms. The van der Waals surface area contributed by atoms with Crippen LogP contribution in [0.3, 0.4) is 0 Å². The lowest BCUT2D eigenvalue weighted by molar-refractivity contribution is 0.872. The standard InChI is InChI=1S/C14H15N5/c1-9(11-6-4-3-5-7-11)16-13-12-8-15-19-14(12)18-10(2)17-13/h3-9H,1-2H3,(H2,15,16,17,18,19)/t9-/m1/s1. The Balaban J connectivity index is 1.95. The molecule has 1 aromatic carbocycles. The average molecular weight is 253 g/mol. The van der Waals surface area contributed by atoms with Crippen molar-refractivity contribution in [1.82, 2.24) is 20.2 Å². The molecule has 19 heavy (non-hydrogen) atoms. The van der Waals surface area contributed by atoms with Gasteiger partial charge in [-0.3, -0.25) is 5.10 Å². The van der Waals surface area contributed by atoms with Gasteiger partial charge in [0.2, 0.25) is 0 Å². The molecule has 0 aliphatic heterocycles. The van der Waals surface area contributed by atoms with Gasteiger partial charge < -0.3 is 5.32 Å². The second-order valence-corrected chi connectivity index (χ2v) is 4.53. The molecular formula is C14H15N5. The number of H-pyrrole nitrogens is 1. The molecule has 0 spiro atoms. The van der Waals surface area contributed by atoms with Gasteiger partial charge in [0.1, 0.15) is 11.6 Å². The molecule has 3 rings (SSSR count). The molecule has 0 aliphatic rings. The van der Waals surface area contributed by atoms with Crippen molar-refractivity contribution in [2.75, 3.05) is 5.32 Å². The Morgan fingerprint density at radius 1 is 1.16 bits per heavy atom. The number of fused-ring (bicyclic) bond motifs is 1. The molecule has 0 saturated heterocycles. The number of anilines is 1. The van der Waals surface area contributed by atoms with Gasteiger partial charge in [-0.2, -0.15) is 5.10 Å². The minimum atomic E-state index is 0.175. The largest absolute Gasteiger partial charge is 0.363 e. The first-order chi connectivity index (χ1) is 9.24. The molecule has 96 valence electrons. The van der Waals surface area contributed by atoms with Crippen LogP contribution in [0.1, 0.15) is 24.4 Å². The van der Waals surface area contributed by atoms with Crippen LogP contribution in [-0.4, -0.2) is 20.2 Å². The molecule has 0 saturated carbocycles. The van der Waals surface area contributed by atoms with Crippen LogP contribution in [0.2, 0.25) is 0 Å². The lowest BCUT2D eigenvalue weighted by Gasteiger charge is -2.15. The molecule has 0 aliphatic carbocycles. The fraction of sp³-hybridized carbons (Fsp3) is 0.214. The lowest BCUT2D eigenvalue weighted by Crippen LogP contribution is -2.09. The second kappa shape index (κ2) is 4.68. The number of benzene rings is 1. The highest BCUT2D eigenvalue weighted by Crippen LogP contribution is 2.23. The molecule has 2 heterocycles. The maximum atomic E-state index is 4.46. The average Bonchev–Trinajstić information content (AvgIpc) is 2.88. The van der Waals surface area contributed by atoms with Gasteiger partial charge in [0, 0.05) is 6.04 Å². The number of nitrogens with zero attached hydrogens (tertiary/aromatic N) is 3. The molecule has 0 amide bonds. The van der Waals surface area contributed by atoms with Crippen molar-refractivity contribution in [3.63, 3.8) is 0 Å². The summed E-state index contributed by atoms with van der Waals surface area (Å²) in [5.74, 6) is 1.53. The van der Waals surface area contributed by atoms with E-state index in [1.165, 1.54) is 5.56 Å². The van der Waals surface area contributed by atoms with E-state index in [-0.39, 0.29) is 6.04 Å². The van der Waals surface area contributed by atoms with Crippen molar-refractivity contribution in [2.45, 2.75) is 19.9 Å². The van der Waals surface area contributed by atoms with E-state index in [4.69, 9.17) is 0 Å². The number of aryl methyl sites for hydroxylation is 1. The Kier molecular flexibility index (Phi) is 2.87. The molecule has 2 N–H and O–H groups in total. The zero-order valence-electron chi connectivity index (χ0n) is 10.9. The highest BCUT2D eigenvalue weighted by Gasteiger charge is 2.11. The summed E-state index contributed by atoms with van der Waals surface area (Å²) in [7, 11) is 0. The number of hydrogen-bond donors (Lipinski definition) is 2. The quantitative estimate of drug-likeness (QED) is 0.753. The summed E-state index contributed by atoms with van der Waals surface area (Å²) in [6.07, 6.45) is 1.74. The Morgan fingerprint density at radius 2 is 1.95 bits per heavy atom. The third kappa shape index (κ3) is 2.27. The zero-order valence-corrected chi connectivity index (χ0v) is 10.9. The molecular weight excluding hydrogens is 238 g/mol. The number of aromatic nitrogens is 4. The van der Waals surface area contributed by atoms with Gasteiger partial charge in [-0.1, -0.05) is 30.3 Å². The van der Waals surface area contributed by atoms with Crippen LogP contribution in [0.25, 0.3) is 11.0 Å². The van der Waals surface area contributed by atoms with Gasteiger partial charge >= 0.3 is 0 Å². The summed E-state index contributed by atoms with van der Waals surface area (Å²) in [6, 6.07) is 10.4. The summed E-state index contributed by atoms with van der Waals surface area (Å²) >= 11 is 0. The third-order valence-electron chi connectivity index (χ3n) is 3.07. The SMILES string of the molecule is Cc1nc(N[C@H](C)c2ccccc2)c2cn[nH]c2n1. The van der Waals surface area contributed by atoms with Gasteiger partial charge in [0.25, 0.3) is 0 Å². The van der Waals surface area contributed by atoms with Crippen molar-refractivity contribution in [1.29, 1.82) is 0 Å². The van der Waals surface area contributed by atoms with E-state index < -0.39 is 0 Å². The number of hydrogen-bond acceptors (Lipinski definition) is 4. The normalized spacial score (nSPS) is 12.5. The van der Waals surface area contributed by atoms with Crippen LogP contribution >= 0.6 is 0 Å². The van der Waals surface area contributed by atoms with Crippen LogP contribution in [0.4, 0.5) is 5.82 Å². The van der Waals surface area contributed by atoms with Crippen molar-refractivity contribution in [2.24, 2.45) is 0 Å². The Bertz CT molecular complexity index is 689. The lowest BCUT2D eigenvalue weighted by atomic mass is 10.1. The maximum absolute atomic E-state index is 4.46. The van der Waals surface area contributed by atoms with Crippen LogP contribution in [-0.2, 0) is 0 Å². The number of rotatable bonds is 3. The van der Waals surface area contributed by atoms with Gasteiger partial charge in [0.15, 0.2) is 5.65 Å². The number of aromatic amines is 1. The summed E-state index contributed by atoms with van der Waals surface area (Å²) in [4.78, 5) is 8.76. The van der Waals surface area contributed by atoms with E-state index in [0.717, 1.165) is 22.7 Å². The first kappa shape index (κ1) is 11.6. The Hall–Kier alpha value is -2.43. The van der Waals surface area contributed by atoms with Crippen LogP contribution in [0.15, 0.2) is 36.5 Å². The maximum Gasteiger partial charge on any atom is 0.161 e. The summed E-state index contributed by atoms with van der Waals surface area (Å²) < 4.78 is 0. The van der Waals surface area contributed by atoms with E-state index >= 15 is 0 Å². The van der Waals surface area contributed by atoms with E-state index in [0.29, 0.717) is 0 Å². The second-order valence-electron chi connectivity index (χ2n) is 4.53. The monoisotopic (exact) mass is 253 g/mol. The smallest absolute Gasteiger partial charge is 0.161 e. The zero-order chi connectivity index (χ0) is 13.2. The van der Waals surface area contributed by atoms with E-state index in [1.807, 2.05) is 25.1 Å². The molecule has 0 fully saturated rings. The summed E-state index contributed by atoms with van der Waals surface area (Å²) in [6.45, 7) is 3.98. The minimum Gasteiger partial charge on any atom is -0.363 e. The predicted molar refractivity (Wildman–Crippen MR) is 74.9 cm³/mol. The third-order valence-corrected chi connectivity index (χ3v) is 3.07. The highest BCUT2D eigenvalue weighted by atomic mass is 15.2. The number of nitrogens with one attached hydrogen (secondary N) is 2. The molecule has 5 heteroatoms. The van der Waals surface area contributed by atoms with Crippen molar-refractivity contribution in [3.05, 3.63) is 47.9 Å². The van der Waals surface area contributed by atoms with Gasteiger partial charge in [-0.25, -0.2) is 9.97 Å². The predicted octanol–water partition coefficient (Wildman–Crippen LogP) is 2.83. The highest BCUT2D eigenvalue weighted by molar-refractivity contribution is 5.85. The van der Waals surface area contributed by atoms with E-state index in [9.17, 15) is 0 Å². The topological polar surface area (TPSA) is 66.5 Å². The van der Waals surface area contributed by atoms with Gasteiger partial charge in [-0.15, -0.1) is 0 Å². The van der Waals surface area contributed by atoms with Crippen LogP contribution < -0.4 is 5.32 Å². The molecule has 0 radical (unpaired) electrons. The first-order valence-electron chi connectivity index (χ1n) is 6.23. The Labute approximate surface area is 111 Å². The van der Waals surface area contributed by atoms with Crippen LogP contribution in [0, 0.1) is 6.92 Å². The minimum absolute atomic E-state index is 0.175. The first-order valence-corrected chi connectivity index (χ1v) is 6.23. The van der Waals surface area contributed by atoms with Crippen molar-refractivity contribution in [3.8, 4) is 0 Å². The summed E-state index contributed by atoms with van der Waals surface area (Å²) in [5.41, 5.74) is 1.98. The fourth-order valence-corrected chi connectivity index (χ4v) is 2.09.